The zero-order valence-corrected chi connectivity index (χ0v) is 13.5. The summed E-state index contributed by atoms with van der Waals surface area (Å²) >= 11 is 1.66. The third-order valence-electron chi connectivity index (χ3n) is 4.64. The molecule has 0 radical (unpaired) electrons. The smallest absolute Gasteiger partial charge is 0.191 e. The van der Waals surface area contributed by atoms with E-state index >= 15 is 0 Å². The van der Waals surface area contributed by atoms with Crippen molar-refractivity contribution in [3.8, 4) is 18.2 Å². The van der Waals surface area contributed by atoms with Gasteiger partial charge in [-0.25, -0.2) is 4.39 Å². The number of allylic oxidation sites excluding steroid dienone is 3. The number of benzene rings is 1. The van der Waals surface area contributed by atoms with Crippen molar-refractivity contribution >= 4 is 11.8 Å². The average molecular weight is 336 g/mol. The highest BCUT2D eigenvalue weighted by Gasteiger charge is 2.53. The number of thioether (sulfide) groups is 1. The summed E-state index contributed by atoms with van der Waals surface area (Å²) in [7, 11) is 0. The van der Waals surface area contributed by atoms with Crippen LogP contribution in [-0.4, -0.2) is 11.5 Å². The zero-order chi connectivity index (χ0) is 17.3. The third-order valence-corrected chi connectivity index (χ3v) is 5.64. The Morgan fingerprint density at radius 1 is 1.25 bits per heavy atom. The van der Waals surface area contributed by atoms with Crippen LogP contribution in [0.15, 0.2) is 47.2 Å². The third kappa shape index (κ3) is 2.18. The van der Waals surface area contributed by atoms with Gasteiger partial charge in [-0.2, -0.15) is 27.5 Å². The monoisotopic (exact) mass is 336 g/mol. The first-order valence-corrected chi connectivity index (χ1v) is 8.51. The van der Waals surface area contributed by atoms with Crippen molar-refractivity contribution < 1.29 is 4.39 Å². The molecule has 0 spiro atoms. The summed E-state index contributed by atoms with van der Waals surface area (Å²) in [6.45, 7) is 0. The van der Waals surface area contributed by atoms with Crippen LogP contribution < -0.4 is 5.73 Å². The lowest BCUT2D eigenvalue weighted by Gasteiger charge is -2.43. The molecule has 3 rings (SSSR count). The normalized spacial score (nSPS) is 24.8. The van der Waals surface area contributed by atoms with E-state index < -0.39 is 17.2 Å². The van der Waals surface area contributed by atoms with E-state index in [4.69, 9.17) is 5.73 Å². The fourth-order valence-electron chi connectivity index (χ4n) is 3.56. The maximum absolute atomic E-state index is 13.8. The molecule has 4 nitrogen and oxygen atoms in total. The Morgan fingerprint density at radius 2 is 2.00 bits per heavy atom. The molecule has 6 heteroatoms. The highest BCUT2D eigenvalue weighted by atomic mass is 32.2. The Bertz CT molecular complexity index is 868. The minimum absolute atomic E-state index is 0.0290. The molecule has 0 amide bonds. The van der Waals surface area contributed by atoms with Crippen LogP contribution in [0.4, 0.5) is 4.39 Å². The molecule has 2 aliphatic rings. The van der Waals surface area contributed by atoms with Gasteiger partial charge in [0.05, 0.1) is 23.4 Å². The van der Waals surface area contributed by atoms with E-state index in [1.54, 1.807) is 23.9 Å². The summed E-state index contributed by atoms with van der Waals surface area (Å²) in [4.78, 5) is 0. The number of hydrogen-bond donors (Lipinski definition) is 1. The maximum Gasteiger partial charge on any atom is 0.191 e. The van der Waals surface area contributed by atoms with E-state index in [2.05, 4.69) is 6.07 Å². The Hall–Kier alpha value is -2.75. The molecule has 0 bridgehead atoms. The van der Waals surface area contributed by atoms with Gasteiger partial charge in [0, 0.05) is 23.3 Å². The lowest BCUT2D eigenvalue weighted by molar-refractivity contribution is 0.367. The summed E-state index contributed by atoms with van der Waals surface area (Å²) in [6.07, 6.45) is 1.93. The van der Waals surface area contributed by atoms with Gasteiger partial charge in [-0.3, -0.25) is 0 Å². The second kappa shape index (κ2) is 6.04. The molecule has 1 aliphatic heterocycles. The van der Waals surface area contributed by atoms with Gasteiger partial charge >= 0.3 is 0 Å². The van der Waals surface area contributed by atoms with Crippen molar-refractivity contribution in [3.05, 3.63) is 58.6 Å². The largest absolute Gasteiger partial charge is 0.399 e. The van der Waals surface area contributed by atoms with Gasteiger partial charge in [-0.15, -0.1) is 0 Å². The van der Waals surface area contributed by atoms with Crippen LogP contribution >= 0.6 is 11.8 Å². The average Bonchev–Trinajstić information content (AvgIpc) is 2.61. The van der Waals surface area contributed by atoms with Crippen molar-refractivity contribution in [2.45, 2.75) is 5.92 Å². The fraction of sp³-hybridized carbons (Fsp3) is 0.278. The maximum atomic E-state index is 13.8. The number of nitrogens with two attached hydrogens (primary N) is 1. The number of hydrogen-bond acceptors (Lipinski definition) is 5. The summed E-state index contributed by atoms with van der Waals surface area (Å²) in [5, 5.41) is 29.1. The van der Waals surface area contributed by atoms with E-state index in [0.29, 0.717) is 11.3 Å². The van der Waals surface area contributed by atoms with Gasteiger partial charge in [0.25, 0.3) is 0 Å². The van der Waals surface area contributed by atoms with E-state index in [1.807, 2.05) is 18.2 Å². The summed E-state index contributed by atoms with van der Waals surface area (Å²) in [5.74, 6) is 0.120. The van der Waals surface area contributed by atoms with Gasteiger partial charge in [-0.05, 0) is 23.3 Å². The second-order valence-corrected chi connectivity index (χ2v) is 6.84. The second-order valence-electron chi connectivity index (χ2n) is 5.77. The summed E-state index contributed by atoms with van der Waals surface area (Å²) in [5.41, 5.74) is 5.96. The minimum Gasteiger partial charge on any atom is -0.399 e. The Morgan fingerprint density at radius 3 is 2.62 bits per heavy atom. The van der Waals surface area contributed by atoms with Gasteiger partial charge in [0.15, 0.2) is 5.41 Å². The number of rotatable bonds is 1. The van der Waals surface area contributed by atoms with Crippen LogP contribution in [0.2, 0.25) is 0 Å². The van der Waals surface area contributed by atoms with Crippen molar-refractivity contribution in [1.29, 1.82) is 15.8 Å². The van der Waals surface area contributed by atoms with Crippen molar-refractivity contribution in [1.82, 2.24) is 0 Å². The lowest BCUT2D eigenvalue weighted by atomic mass is 9.59. The number of nitrogens with zero attached hydrogens (tertiary/aromatic N) is 3. The Labute approximate surface area is 143 Å². The fourth-order valence-corrected chi connectivity index (χ4v) is 4.62. The molecule has 2 atom stereocenters. The highest BCUT2D eigenvalue weighted by molar-refractivity contribution is 7.99. The van der Waals surface area contributed by atoms with Crippen molar-refractivity contribution in [3.63, 3.8) is 0 Å². The van der Waals surface area contributed by atoms with Crippen LogP contribution in [0.1, 0.15) is 11.5 Å². The highest BCUT2D eigenvalue weighted by Crippen LogP contribution is 2.54. The predicted molar refractivity (Wildman–Crippen MR) is 88.5 cm³/mol. The first kappa shape index (κ1) is 16.1. The first-order chi connectivity index (χ1) is 11.6. The molecule has 118 valence electrons. The molecule has 24 heavy (non-hydrogen) atoms. The lowest BCUT2D eigenvalue weighted by Crippen LogP contribution is -2.43. The van der Waals surface area contributed by atoms with Crippen LogP contribution in [0.3, 0.4) is 0 Å². The van der Waals surface area contributed by atoms with Crippen LogP contribution in [0, 0.1) is 51.1 Å². The Kier molecular flexibility index (Phi) is 4.06. The predicted octanol–water partition coefficient (Wildman–Crippen LogP) is 2.98. The van der Waals surface area contributed by atoms with Gasteiger partial charge in [0.1, 0.15) is 11.9 Å². The molecule has 1 aromatic carbocycles. The molecule has 1 heterocycles. The molecule has 2 unspecified atom stereocenters. The van der Waals surface area contributed by atoms with Gasteiger partial charge in [-0.1, -0.05) is 18.2 Å². The van der Waals surface area contributed by atoms with Crippen LogP contribution in [0.5, 0.6) is 0 Å². The molecular weight excluding hydrogens is 323 g/mol. The summed E-state index contributed by atoms with van der Waals surface area (Å²) in [6, 6.07) is 12.0. The molecule has 0 saturated carbocycles. The standard InChI is InChI=1S/C18H13FN4S/c19-12-3-1-2-11(6-12)16-15-8-24-5-4-13(15)14(7-20)17(23)18(16,9-21)10-22/h1-4,6,15-16H,5,8,23H2. The molecule has 2 N–H and O–H groups in total. The molecule has 1 aromatic rings. The van der Waals surface area contributed by atoms with Crippen LogP contribution in [-0.2, 0) is 0 Å². The molecule has 0 aromatic heterocycles. The Balaban J connectivity index is 2.34. The molecule has 0 fully saturated rings. The molecular formula is C18H13FN4S. The first-order valence-electron chi connectivity index (χ1n) is 7.35. The topological polar surface area (TPSA) is 97.4 Å². The van der Waals surface area contributed by atoms with E-state index in [9.17, 15) is 20.2 Å². The SMILES string of the molecule is N#CC1=C(N)C(C#N)(C#N)C(c2cccc(F)c2)C2CSCC=C12. The van der Waals surface area contributed by atoms with Crippen LogP contribution in [0.25, 0.3) is 0 Å². The van der Waals surface area contributed by atoms with Gasteiger partial charge in [0.2, 0.25) is 0 Å². The van der Waals surface area contributed by atoms with Crippen molar-refractivity contribution in [2.24, 2.45) is 17.1 Å². The van der Waals surface area contributed by atoms with E-state index in [1.165, 1.54) is 12.1 Å². The number of fused-ring (bicyclic) bond motifs is 1. The quantitative estimate of drug-likeness (QED) is 0.850. The number of nitriles is 3. The van der Waals surface area contributed by atoms with Crippen molar-refractivity contribution in [2.75, 3.05) is 11.5 Å². The molecule has 0 saturated heterocycles. The minimum atomic E-state index is -1.68. The summed E-state index contributed by atoms with van der Waals surface area (Å²) < 4.78 is 13.8. The molecule has 1 aliphatic carbocycles. The van der Waals surface area contributed by atoms with E-state index in [-0.39, 0.29) is 17.2 Å². The number of halogens is 1. The van der Waals surface area contributed by atoms with Gasteiger partial charge < -0.3 is 5.73 Å². The zero-order valence-electron chi connectivity index (χ0n) is 12.7. The van der Waals surface area contributed by atoms with E-state index in [0.717, 1.165) is 11.3 Å².